The third-order valence-corrected chi connectivity index (χ3v) is 5.53. The number of allylic oxidation sites excluding steroid dienone is 1. The summed E-state index contributed by atoms with van der Waals surface area (Å²) in [5.74, 6) is 0.278. The predicted molar refractivity (Wildman–Crippen MR) is 92.9 cm³/mol. The summed E-state index contributed by atoms with van der Waals surface area (Å²) < 4.78 is 0. The van der Waals surface area contributed by atoms with Crippen molar-refractivity contribution in [2.45, 2.75) is 95.2 Å². The molecule has 126 valence electrons. The zero-order chi connectivity index (χ0) is 15.8. The van der Waals surface area contributed by atoms with Gasteiger partial charge in [0.05, 0.1) is 0 Å². The van der Waals surface area contributed by atoms with Gasteiger partial charge in [-0.25, -0.2) is 0 Å². The van der Waals surface area contributed by atoms with Gasteiger partial charge in [-0.2, -0.15) is 0 Å². The van der Waals surface area contributed by atoms with Crippen molar-refractivity contribution in [3.8, 4) is 0 Å². The number of nitrogens with zero attached hydrogens (tertiary/aromatic N) is 1. The minimum absolute atomic E-state index is 0.278. The SMILES string of the molecule is C=CCCCCCCCCC(=O)NC1CC2CCC(C1)N2C. The summed E-state index contributed by atoms with van der Waals surface area (Å²) in [5.41, 5.74) is 0. The van der Waals surface area contributed by atoms with E-state index in [9.17, 15) is 4.79 Å². The highest BCUT2D eigenvalue weighted by Gasteiger charge is 2.38. The summed E-state index contributed by atoms with van der Waals surface area (Å²) in [6.45, 7) is 3.75. The van der Waals surface area contributed by atoms with Crippen LogP contribution in [0.15, 0.2) is 12.7 Å². The van der Waals surface area contributed by atoms with Crippen LogP contribution in [0.25, 0.3) is 0 Å². The molecule has 3 nitrogen and oxygen atoms in total. The zero-order valence-corrected chi connectivity index (χ0v) is 14.4. The van der Waals surface area contributed by atoms with Gasteiger partial charge < -0.3 is 10.2 Å². The van der Waals surface area contributed by atoms with Crippen LogP contribution in [0, 0.1) is 0 Å². The first-order valence-corrected chi connectivity index (χ1v) is 9.33. The highest BCUT2D eigenvalue weighted by Crippen LogP contribution is 2.34. The zero-order valence-electron chi connectivity index (χ0n) is 14.4. The summed E-state index contributed by atoms with van der Waals surface area (Å²) in [6.07, 6.45) is 16.2. The van der Waals surface area contributed by atoms with Gasteiger partial charge in [-0.3, -0.25) is 4.79 Å². The van der Waals surface area contributed by atoms with Crippen LogP contribution < -0.4 is 5.32 Å². The lowest BCUT2D eigenvalue weighted by atomic mass is 9.97. The van der Waals surface area contributed by atoms with Crippen molar-refractivity contribution in [2.24, 2.45) is 0 Å². The summed E-state index contributed by atoms with van der Waals surface area (Å²) >= 11 is 0. The van der Waals surface area contributed by atoms with E-state index in [1.54, 1.807) is 0 Å². The van der Waals surface area contributed by atoms with E-state index in [2.05, 4.69) is 23.8 Å². The molecule has 0 aromatic rings. The van der Waals surface area contributed by atoms with Crippen LogP contribution in [0.4, 0.5) is 0 Å². The number of carbonyl (C=O) groups is 1. The molecule has 1 amide bonds. The monoisotopic (exact) mass is 306 g/mol. The molecule has 2 aliphatic rings. The Bertz CT molecular complexity index is 341. The van der Waals surface area contributed by atoms with Gasteiger partial charge >= 0.3 is 0 Å². The lowest BCUT2D eigenvalue weighted by molar-refractivity contribution is -0.122. The molecule has 2 fully saturated rings. The topological polar surface area (TPSA) is 32.3 Å². The second kappa shape index (κ2) is 9.34. The van der Waals surface area contributed by atoms with E-state index in [0.29, 0.717) is 24.5 Å². The molecule has 2 atom stereocenters. The van der Waals surface area contributed by atoms with E-state index in [-0.39, 0.29) is 5.91 Å². The number of hydrogen-bond donors (Lipinski definition) is 1. The molecule has 2 bridgehead atoms. The van der Waals surface area contributed by atoms with Crippen LogP contribution >= 0.6 is 0 Å². The van der Waals surface area contributed by atoms with Gasteiger partial charge in [-0.05, 0) is 52.0 Å². The van der Waals surface area contributed by atoms with Crippen molar-refractivity contribution in [1.29, 1.82) is 0 Å². The van der Waals surface area contributed by atoms with Gasteiger partial charge in [-0.1, -0.05) is 31.8 Å². The number of rotatable bonds is 10. The molecular formula is C19H34N2O. The van der Waals surface area contributed by atoms with E-state index < -0.39 is 0 Å². The van der Waals surface area contributed by atoms with Crippen LogP contribution in [-0.2, 0) is 4.79 Å². The standard InChI is InChI=1S/C19H34N2O/c1-3-4-5-6-7-8-9-10-11-19(22)20-16-14-17-12-13-18(15-16)21(17)2/h3,16-18H,1,4-15H2,2H3,(H,20,22). The number of carbonyl (C=O) groups excluding carboxylic acids is 1. The van der Waals surface area contributed by atoms with Gasteiger partial charge in [-0.15, -0.1) is 6.58 Å². The predicted octanol–water partition coefficient (Wildman–Crippen LogP) is 4.03. The average Bonchev–Trinajstić information content (AvgIpc) is 2.72. The molecule has 0 radical (unpaired) electrons. The van der Waals surface area contributed by atoms with Gasteiger partial charge in [0.2, 0.25) is 5.91 Å². The minimum atomic E-state index is 0.278. The summed E-state index contributed by atoms with van der Waals surface area (Å²) in [6, 6.07) is 1.85. The molecule has 22 heavy (non-hydrogen) atoms. The molecule has 2 unspecified atom stereocenters. The first-order valence-electron chi connectivity index (χ1n) is 9.33. The average molecular weight is 306 g/mol. The fourth-order valence-electron chi connectivity index (χ4n) is 4.11. The van der Waals surface area contributed by atoms with Crippen molar-refractivity contribution in [3.63, 3.8) is 0 Å². The fraction of sp³-hybridized carbons (Fsp3) is 0.842. The molecule has 0 aromatic carbocycles. The maximum Gasteiger partial charge on any atom is 0.220 e. The first kappa shape index (κ1) is 17.5. The second-order valence-electron chi connectivity index (χ2n) is 7.23. The van der Waals surface area contributed by atoms with Gasteiger partial charge in [0.25, 0.3) is 0 Å². The molecular weight excluding hydrogens is 272 g/mol. The van der Waals surface area contributed by atoms with Crippen LogP contribution in [0.2, 0.25) is 0 Å². The summed E-state index contributed by atoms with van der Waals surface area (Å²) in [5, 5.41) is 3.28. The molecule has 2 aliphatic heterocycles. The number of unbranched alkanes of at least 4 members (excludes halogenated alkanes) is 6. The fourth-order valence-corrected chi connectivity index (χ4v) is 4.11. The third kappa shape index (κ3) is 5.42. The Balaban J connectivity index is 1.49. The quantitative estimate of drug-likeness (QED) is 0.488. The third-order valence-electron chi connectivity index (χ3n) is 5.53. The van der Waals surface area contributed by atoms with Crippen LogP contribution in [0.5, 0.6) is 0 Å². The van der Waals surface area contributed by atoms with Crippen LogP contribution in [0.1, 0.15) is 77.0 Å². The number of amides is 1. The molecule has 0 aliphatic carbocycles. The Morgan fingerprint density at radius 3 is 2.32 bits per heavy atom. The molecule has 1 N–H and O–H groups in total. The van der Waals surface area contributed by atoms with E-state index >= 15 is 0 Å². The van der Waals surface area contributed by atoms with Crippen molar-refractivity contribution >= 4 is 5.91 Å². The van der Waals surface area contributed by atoms with Crippen molar-refractivity contribution in [1.82, 2.24) is 10.2 Å². The van der Waals surface area contributed by atoms with Crippen molar-refractivity contribution in [2.75, 3.05) is 7.05 Å². The second-order valence-corrected chi connectivity index (χ2v) is 7.23. The highest BCUT2D eigenvalue weighted by atomic mass is 16.1. The summed E-state index contributed by atoms with van der Waals surface area (Å²) in [4.78, 5) is 14.6. The van der Waals surface area contributed by atoms with E-state index in [1.165, 1.54) is 44.9 Å². The van der Waals surface area contributed by atoms with Gasteiger partial charge in [0.15, 0.2) is 0 Å². The Kier molecular flexibility index (Phi) is 7.44. The van der Waals surface area contributed by atoms with E-state index in [4.69, 9.17) is 0 Å². The van der Waals surface area contributed by atoms with Crippen LogP contribution in [-0.4, -0.2) is 36.0 Å². The molecule has 0 aromatic heterocycles. The molecule has 2 rings (SSSR count). The summed E-state index contributed by atoms with van der Waals surface area (Å²) in [7, 11) is 2.25. The maximum atomic E-state index is 12.1. The molecule has 2 heterocycles. The molecule has 3 heteroatoms. The largest absolute Gasteiger partial charge is 0.353 e. The van der Waals surface area contributed by atoms with E-state index in [0.717, 1.165) is 25.7 Å². The Labute approximate surface area is 136 Å². The van der Waals surface area contributed by atoms with Crippen molar-refractivity contribution < 1.29 is 4.79 Å². The normalized spacial score (nSPS) is 27.8. The minimum Gasteiger partial charge on any atom is -0.353 e. The number of hydrogen-bond acceptors (Lipinski definition) is 2. The number of fused-ring (bicyclic) bond motifs is 2. The lowest BCUT2D eigenvalue weighted by Crippen LogP contribution is -2.48. The van der Waals surface area contributed by atoms with Gasteiger partial charge in [0, 0.05) is 24.5 Å². The van der Waals surface area contributed by atoms with Gasteiger partial charge in [0.1, 0.15) is 0 Å². The Morgan fingerprint density at radius 2 is 1.68 bits per heavy atom. The first-order chi connectivity index (χ1) is 10.7. The van der Waals surface area contributed by atoms with Crippen LogP contribution in [0.3, 0.4) is 0 Å². The lowest BCUT2D eigenvalue weighted by Gasteiger charge is -2.36. The molecule has 0 saturated carbocycles. The maximum absolute atomic E-state index is 12.1. The smallest absolute Gasteiger partial charge is 0.220 e. The molecule has 2 saturated heterocycles. The Hall–Kier alpha value is -0.830. The number of piperidine rings is 1. The number of nitrogens with one attached hydrogen (secondary N) is 1. The Morgan fingerprint density at radius 1 is 1.09 bits per heavy atom. The molecule has 0 spiro atoms. The van der Waals surface area contributed by atoms with Crippen molar-refractivity contribution in [3.05, 3.63) is 12.7 Å². The highest BCUT2D eigenvalue weighted by molar-refractivity contribution is 5.76. The van der Waals surface area contributed by atoms with E-state index in [1.807, 2.05) is 6.08 Å².